The van der Waals surface area contributed by atoms with Gasteiger partial charge in [0.05, 0.1) is 18.2 Å². The zero-order chi connectivity index (χ0) is 22.9. The Labute approximate surface area is 188 Å². The number of hydrazone groups is 1. The van der Waals surface area contributed by atoms with Crippen LogP contribution in [0.5, 0.6) is 5.75 Å². The van der Waals surface area contributed by atoms with Gasteiger partial charge in [-0.25, -0.2) is 0 Å². The van der Waals surface area contributed by atoms with Crippen molar-refractivity contribution >= 4 is 40.5 Å². The van der Waals surface area contributed by atoms with Gasteiger partial charge >= 0.3 is 6.18 Å². The van der Waals surface area contributed by atoms with Gasteiger partial charge < -0.3 is 20.3 Å². The highest BCUT2D eigenvalue weighted by Gasteiger charge is 2.49. The number of hydrogen-bond donors (Lipinski definition) is 1. The second-order valence-corrected chi connectivity index (χ2v) is 8.36. The van der Waals surface area contributed by atoms with E-state index in [0.717, 1.165) is 10.7 Å². The van der Waals surface area contributed by atoms with Gasteiger partial charge in [-0.3, -0.25) is 9.80 Å². The van der Waals surface area contributed by atoms with Crippen LogP contribution in [0, 0.1) is 0 Å². The summed E-state index contributed by atoms with van der Waals surface area (Å²) in [6.07, 6.45) is -4.67. The van der Waals surface area contributed by atoms with Gasteiger partial charge in [-0.05, 0) is 19.1 Å². The first-order valence-electron chi connectivity index (χ1n) is 9.71. The number of piperazine rings is 1. The molecule has 1 amide bonds. The standard InChI is InChI=1S/C19H24Cl2F3N5O2/c1-11-9-27(12-3-4-13(20)15(7-12)31-2)5-6-28(11)16(30)10-29-14(8-25)17(21)18(26-29)19(22,23)24/h3-4,7,11,14,17H,5-6,8-10,25H2,1-2H3/t11-,14?,17?/m0/s1. The summed E-state index contributed by atoms with van der Waals surface area (Å²) in [6.45, 7) is 2.93. The van der Waals surface area contributed by atoms with Gasteiger partial charge in [0.25, 0.3) is 0 Å². The fourth-order valence-corrected chi connectivity index (χ4v) is 4.44. The molecule has 0 radical (unpaired) electrons. The Kier molecular flexibility index (Phi) is 7.12. The van der Waals surface area contributed by atoms with Crippen molar-refractivity contribution in [2.24, 2.45) is 10.8 Å². The predicted octanol–water partition coefficient (Wildman–Crippen LogP) is 2.55. The molecule has 0 aromatic heterocycles. The normalized spacial score (nSPS) is 24.5. The fraction of sp³-hybridized carbons (Fsp3) is 0.579. The molecule has 12 heteroatoms. The van der Waals surface area contributed by atoms with Gasteiger partial charge in [0.1, 0.15) is 17.7 Å². The number of nitrogens with two attached hydrogens (primary N) is 1. The lowest BCUT2D eigenvalue weighted by Crippen LogP contribution is -2.56. The lowest BCUT2D eigenvalue weighted by molar-refractivity contribution is -0.135. The molecular weight excluding hydrogens is 458 g/mol. The molecule has 1 aromatic carbocycles. The number of ether oxygens (including phenoxy) is 1. The van der Waals surface area contributed by atoms with E-state index in [4.69, 9.17) is 33.7 Å². The highest BCUT2D eigenvalue weighted by Crippen LogP contribution is 2.32. The number of hydrogen-bond acceptors (Lipinski definition) is 6. The minimum atomic E-state index is -4.67. The summed E-state index contributed by atoms with van der Waals surface area (Å²) in [5.74, 6) is 0.233. The third-order valence-electron chi connectivity index (χ3n) is 5.49. The van der Waals surface area contributed by atoms with E-state index in [0.29, 0.717) is 30.4 Å². The monoisotopic (exact) mass is 481 g/mol. The number of alkyl halides is 4. The molecule has 2 N–H and O–H groups in total. The second kappa shape index (κ2) is 9.30. The molecular formula is C19H24Cl2F3N5O2. The number of carbonyl (C=O) groups excluding carboxylic acids is 1. The molecule has 2 aliphatic heterocycles. The molecule has 0 spiro atoms. The average molecular weight is 482 g/mol. The highest BCUT2D eigenvalue weighted by atomic mass is 35.5. The van der Waals surface area contributed by atoms with Crippen LogP contribution in [0.4, 0.5) is 18.9 Å². The van der Waals surface area contributed by atoms with Crippen molar-refractivity contribution in [3.05, 3.63) is 23.2 Å². The van der Waals surface area contributed by atoms with Crippen LogP contribution in [0.1, 0.15) is 6.92 Å². The molecule has 1 saturated heterocycles. The molecule has 2 unspecified atom stereocenters. The summed E-state index contributed by atoms with van der Waals surface area (Å²) in [5.41, 5.74) is 5.39. The molecule has 2 aliphatic rings. The molecule has 1 fully saturated rings. The van der Waals surface area contributed by atoms with Crippen LogP contribution in [0.2, 0.25) is 5.02 Å². The van der Waals surface area contributed by atoms with Crippen molar-refractivity contribution in [3.63, 3.8) is 0 Å². The van der Waals surface area contributed by atoms with E-state index in [1.54, 1.807) is 11.0 Å². The fourth-order valence-electron chi connectivity index (χ4n) is 3.85. The van der Waals surface area contributed by atoms with Gasteiger partial charge in [-0.15, -0.1) is 11.6 Å². The summed E-state index contributed by atoms with van der Waals surface area (Å²) in [4.78, 5) is 16.6. The van der Waals surface area contributed by atoms with E-state index in [1.807, 2.05) is 19.1 Å². The van der Waals surface area contributed by atoms with E-state index >= 15 is 0 Å². The van der Waals surface area contributed by atoms with Crippen LogP contribution < -0.4 is 15.4 Å². The maximum Gasteiger partial charge on any atom is 0.432 e. The quantitative estimate of drug-likeness (QED) is 0.654. The Hall–Kier alpha value is -1.91. The molecule has 0 bridgehead atoms. The lowest BCUT2D eigenvalue weighted by atomic mass is 10.1. The first-order valence-corrected chi connectivity index (χ1v) is 10.5. The van der Waals surface area contributed by atoms with Gasteiger partial charge in [-0.1, -0.05) is 11.6 Å². The molecule has 3 rings (SSSR count). The largest absolute Gasteiger partial charge is 0.495 e. The number of methoxy groups -OCH3 is 1. The summed E-state index contributed by atoms with van der Waals surface area (Å²) < 4.78 is 44.6. The Morgan fingerprint density at radius 2 is 2.06 bits per heavy atom. The summed E-state index contributed by atoms with van der Waals surface area (Å²) >= 11 is 12.0. The minimum absolute atomic E-state index is 0.147. The van der Waals surface area contributed by atoms with Crippen molar-refractivity contribution in [1.29, 1.82) is 0 Å². The zero-order valence-electron chi connectivity index (χ0n) is 17.1. The lowest BCUT2D eigenvalue weighted by Gasteiger charge is -2.41. The van der Waals surface area contributed by atoms with Gasteiger partial charge in [0.2, 0.25) is 5.91 Å². The number of carbonyl (C=O) groups is 1. The minimum Gasteiger partial charge on any atom is -0.495 e. The van der Waals surface area contributed by atoms with Gasteiger partial charge in [-0.2, -0.15) is 18.3 Å². The first-order chi connectivity index (χ1) is 14.6. The van der Waals surface area contributed by atoms with E-state index in [1.165, 1.54) is 7.11 Å². The Morgan fingerprint density at radius 1 is 1.35 bits per heavy atom. The second-order valence-electron chi connectivity index (χ2n) is 7.49. The molecule has 2 heterocycles. The summed E-state index contributed by atoms with van der Waals surface area (Å²) in [7, 11) is 1.54. The average Bonchev–Trinajstić information content (AvgIpc) is 3.03. The predicted molar refractivity (Wildman–Crippen MR) is 114 cm³/mol. The topological polar surface area (TPSA) is 74.4 Å². The molecule has 3 atom stereocenters. The van der Waals surface area contributed by atoms with Crippen LogP contribution in [0.3, 0.4) is 0 Å². The number of nitrogens with zero attached hydrogens (tertiary/aromatic N) is 4. The highest BCUT2D eigenvalue weighted by molar-refractivity contribution is 6.34. The molecule has 1 aromatic rings. The van der Waals surface area contributed by atoms with E-state index < -0.39 is 23.3 Å². The number of halogens is 5. The van der Waals surface area contributed by atoms with Crippen molar-refractivity contribution in [2.45, 2.75) is 30.6 Å². The Balaban J connectivity index is 1.67. The third-order valence-corrected chi connectivity index (χ3v) is 6.30. The number of anilines is 1. The molecule has 7 nitrogen and oxygen atoms in total. The zero-order valence-corrected chi connectivity index (χ0v) is 18.6. The summed E-state index contributed by atoms with van der Waals surface area (Å²) in [6, 6.07) is 4.40. The van der Waals surface area contributed by atoms with Crippen LogP contribution >= 0.6 is 23.2 Å². The molecule has 0 aliphatic carbocycles. The van der Waals surface area contributed by atoms with Crippen LogP contribution in [-0.4, -0.2) is 85.0 Å². The molecule has 172 valence electrons. The SMILES string of the molecule is COc1cc(N2CCN(C(=O)CN3N=C(C(F)(F)F)C(Cl)C3CN)[C@@H](C)C2)ccc1Cl. The van der Waals surface area contributed by atoms with Crippen molar-refractivity contribution in [2.75, 3.05) is 44.7 Å². The first kappa shape index (κ1) is 23.7. The van der Waals surface area contributed by atoms with E-state index in [2.05, 4.69) is 10.0 Å². The molecule has 0 saturated carbocycles. The maximum atomic E-state index is 13.1. The van der Waals surface area contributed by atoms with Gasteiger partial charge in [0.15, 0.2) is 5.71 Å². The van der Waals surface area contributed by atoms with Crippen LogP contribution in [-0.2, 0) is 4.79 Å². The number of amides is 1. The smallest absolute Gasteiger partial charge is 0.432 e. The Morgan fingerprint density at radius 3 is 2.65 bits per heavy atom. The summed E-state index contributed by atoms with van der Waals surface area (Å²) in [5, 5.41) is 3.73. The maximum absolute atomic E-state index is 13.1. The van der Waals surface area contributed by atoms with Crippen molar-refractivity contribution in [1.82, 2.24) is 9.91 Å². The van der Waals surface area contributed by atoms with E-state index in [9.17, 15) is 18.0 Å². The van der Waals surface area contributed by atoms with Crippen LogP contribution in [0.25, 0.3) is 0 Å². The van der Waals surface area contributed by atoms with E-state index in [-0.39, 0.29) is 25.0 Å². The van der Waals surface area contributed by atoms with Crippen LogP contribution in [0.15, 0.2) is 23.3 Å². The van der Waals surface area contributed by atoms with Crippen molar-refractivity contribution in [3.8, 4) is 5.75 Å². The Bertz CT molecular complexity index is 854. The molecule has 31 heavy (non-hydrogen) atoms. The third kappa shape index (κ3) is 4.96. The number of benzene rings is 1. The van der Waals surface area contributed by atoms with Gasteiger partial charge in [0, 0.05) is 44.0 Å². The number of rotatable bonds is 5. The van der Waals surface area contributed by atoms with Crippen molar-refractivity contribution < 1.29 is 22.7 Å².